The Hall–Kier alpha value is -1.92. The van der Waals surface area contributed by atoms with Crippen molar-refractivity contribution in [3.05, 3.63) is 11.6 Å². The summed E-state index contributed by atoms with van der Waals surface area (Å²) in [5.41, 5.74) is -0.199. The molecule has 21 heavy (non-hydrogen) atoms. The van der Waals surface area contributed by atoms with Crippen molar-refractivity contribution in [1.82, 2.24) is 25.0 Å². The van der Waals surface area contributed by atoms with Crippen molar-refractivity contribution in [2.45, 2.75) is 45.1 Å². The number of likely N-dealkylation sites (N-methyl/N-ethyl adjacent to an activating group) is 1. The zero-order valence-corrected chi connectivity index (χ0v) is 13.3. The molecule has 2 heterocycles. The number of amides is 2. The highest BCUT2D eigenvalue weighted by Gasteiger charge is 2.37. The van der Waals surface area contributed by atoms with Gasteiger partial charge >= 0.3 is 0 Å². The van der Waals surface area contributed by atoms with E-state index in [2.05, 4.69) is 15.2 Å². The lowest BCUT2D eigenvalue weighted by Crippen LogP contribution is -2.45. The van der Waals surface area contributed by atoms with Crippen molar-refractivity contribution in [3.63, 3.8) is 0 Å². The Kier molecular flexibility index (Phi) is 4.02. The van der Waals surface area contributed by atoms with E-state index in [4.69, 9.17) is 0 Å². The lowest BCUT2D eigenvalue weighted by Gasteiger charge is -2.25. The number of carbonyl (C=O) groups is 2. The predicted molar refractivity (Wildman–Crippen MR) is 77.8 cm³/mol. The first-order chi connectivity index (χ1) is 9.71. The molecule has 1 saturated heterocycles. The van der Waals surface area contributed by atoms with Gasteiger partial charge in [-0.15, -0.1) is 5.10 Å². The first-order valence-corrected chi connectivity index (χ1v) is 7.17. The van der Waals surface area contributed by atoms with Crippen molar-refractivity contribution in [1.29, 1.82) is 0 Å². The Morgan fingerprint density at radius 2 is 2.00 bits per heavy atom. The average molecular weight is 293 g/mol. The van der Waals surface area contributed by atoms with E-state index < -0.39 is 6.04 Å². The monoisotopic (exact) mass is 293 g/mol. The van der Waals surface area contributed by atoms with Crippen LogP contribution in [0.15, 0.2) is 0 Å². The molecule has 0 spiro atoms. The number of rotatable bonds is 2. The molecule has 116 valence electrons. The van der Waals surface area contributed by atoms with Crippen LogP contribution >= 0.6 is 0 Å². The Morgan fingerprint density at radius 3 is 2.52 bits per heavy atom. The highest BCUT2D eigenvalue weighted by Crippen LogP contribution is 2.22. The molecule has 0 saturated carbocycles. The van der Waals surface area contributed by atoms with Gasteiger partial charge in [0.1, 0.15) is 11.9 Å². The van der Waals surface area contributed by atoms with Gasteiger partial charge in [-0.25, -0.2) is 4.98 Å². The molecular formula is C14H23N5O2. The van der Waals surface area contributed by atoms with E-state index in [1.807, 2.05) is 20.8 Å². The number of nitrogens with zero attached hydrogens (tertiary/aromatic N) is 4. The summed E-state index contributed by atoms with van der Waals surface area (Å²) in [6.07, 6.45) is 1.52. The normalized spacial score (nSPS) is 18.9. The second kappa shape index (κ2) is 5.46. The van der Waals surface area contributed by atoms with Crippen molar-refractivity contribution < 1.29 is 9.59 Å². The Balaban J connectivity index is 2.19. The molecule has 0 aromatic carbocycles. The molecule has 1 unspecified atom stereocenters. The highest BCUT2D eigenvalue weighted by atomic mass is 16.2. The summed E-state index contributed by atoms with van der Waals surface area (Å²) in [5, 5.41) is 6.83. The number of aromatic amines is 1. The van der Waals surface area contributed by atoms with Gasteiger partial charge in [0.05, 0.1) is 0 Å². The molecule has 1 aromatic rings. The molecule has 1 fully saturated rings. The SMILES string of the molecule is CN(C)C(=O)C1CCCN1C(=O)c1n[nH]c(C(C)(C)C)n1. The number of aromatic nitrogens is 3. The third-order valence-electron chi connectivity index (χ3n) is 3.63. The van der Waals surface area contributed by atoms with Gasteiger partial charge in [0, 0.05) is 26.1 Å². The lowest BCUT2D eigenvalue weighted by molar-refractivity contribution is -0.132. The summed E-state index contributed by atoms with van der Waals surface area (Å²) < 4.78 is 0. The largest absolute Gasteiger partial charge is 0.347 e. The molecule has 1 aliphatic rings. The summed E-state index contributed by atoms with van der Waals surface area (Å²) in [6, 6.07) is -0.399. The maximum Gasteiger partial charge on any atom is 0.294 e. The molecule has 0 aliphatic carbocycles. The summed E-state index contributed by atoms with van der Waals surface area (Å²) in [4.78, 5) is 32.1. The van der Waals surface area contributed by atoms with Crippen LogP contribution in [0, 0.1) is 0 Å². The zero-order chi connectivity index (χ0) is 15.8. The quantitative estimate of drug-likeness (QED) is 0.874. The number of likely N-dealkylation sites (tertiary alicyclic amines) is 1. The molecule has 2 amide bonds. The second-order valence-corrected chi connectivity index (χ2v) is 6.65. The molecule has 7 nitrogen and oxygen atoms in total. The first-order valence-electron chi connectivity index (χ1n) is 7.17. The van der Waals surface area contributed by atoms with Gasteiger partial charge in [-0.1, -0.05) is 20.8 Å². The van der Waals surface area contributed by atoms with Crippen LogP contribution in [-0.4, -0.2) is 63.5 Å². The van der Waals surface area contributed by atoms with E-state index in [1.54, 1.807) is 19.0 Å². The van der Waals surface area contributed by atoms with Crippen LogP contribution in [0.1, 0.15) is 50.1 Å². The molecule has 7 heteroatoms. The molecule has 0 radical (unpaired) electrons. The van der Waals surface area contributed by atoms with Gasteiger partial charge < -0.3 is 9.80 Å². The second-order valence-electron chi connectivity index (χ2n) is 6.65. The summed E-state index contributed by atoms with van der Waals surface area (Å²) in [7, 11) is 3.40. The Morgan fingerprint density at radius 1 is 1.33 bits per heavy atom. The fraction of sp³-hybridized carbons (Fsp3) is 0.714. The van der Waals surface area contributed by atoms with Gasteiger partial charge in [-0.2, -0.15) is 0 Å². The molecule has 1 aliphatic heterocycles. The zero-order valence-electron chi connectivity index (χ0n) is 13.3. The van der Waals surface area contributed by atoms with Crippen molar-refractivity contribution >= 4 is 11.8 Å². The van der Waals surface area contributed by atoms with Gasteiger partial charge in [0.2, 0.25) is 11.7 Å². The van der Waals surface area contributed by atoms with E-state index in [0.29, 0.717) is 18.8 Å². The Bertz CT molecular complexity index is 544. The summed E-state index contributed by atoms with van der Waals surface area (Å²) >= 11 is 0. The number of H-pyrrole nitrogens is 1. The fourth-order valence-corrected chi connectivity index (χ4v) is 2.39. The molecule has 1 atom stereocenters. The van der Waals surface area contributed by atoms with Crippen molar-refractivity contribution in [2.75, 3.05) is 20.6 Å². The number of carbonyl (C=O) groups excluding carboxylic acids is 2. The van der Waals surface area contributed by atoms with Crippen molar-refractivity contribution in [2.24, 2.45) is 0 Å². The molecular weight excluding hydrogens is 270 g/mol. The predicted octanol–water partition coefficient (Wildman–Crippen LogP) is 0.795. The van der Waals surface area contributed by atoms with E-state index >= 15 is 0 Å². The van der Waals surface area contributed by atoms with E-state index in [-0.39, 0.29) is 23.1 Å². The Labute approximate surface area is 124 Å². The van der Waals surface area contributed by atoms with Crippen molar-refractivity contribution in [3.8, 4) is 0 Å². The van der Waals surface area contributed by atoms with Gasteiger partial charge in [-0.05, 0) is 12.8 Å². The standard InChI is InChI=1S/C14H23N5O2/c1-14(2,3)13-15-10(16-17-13)12(21)19-8-6-7-9(19)11(20)18(4)5/h9H,6-8H2,1-5H3,(H,15,16,17). The van der Waals surface area contributed by atoms with Crippen LogP contribution in [0.5, 0.6) is 0 Å². The van der Waals surface area contributed by atoms with Crippen LogP contribution < -0.4 is 0 Å². The van der Waals surface area contributed by atoms with Crippen LogP contribution in [-0.2, 0) is 10.2 Å². The molecule has 0 bridgehead atoms. The number of hydrogen-bond acceptors (Lipinski definition) is 4. The molecule has 1 aromatic heterocycles. The van der Waals surface area contributed by atoms with Gasteiger partial charge in [0.15, 0.2) is 0 Å². The maximum atomic E-state index is 12.5. The van der Waals surface area contributed by atoms with Crippen LogP contribution in [0.3, 0.4) is 0 Å². The topological polar surface area (TPSA) is 82.2 Å². The van der Waals surface area contributed by atoms with E-state index in [9.17, 15) is 9.59 Å². The molecule has 2 rings (SSSR count). The average Bonchev–Trinajstić information content (AvgIpc) is 3.05. The van der Waals surface area contributed by atoms with E-state index in [1.165, 1.54) is 4.90 Å². The van der Waals surface area contributed by atoms with E-state index in [0.717, 1.165) is 6.42 Å². The third kappa shape index (κ3) is 3.06. The van der Waals surface area contributed by atoms with Gasteiger partial charge in [0.25, 0.3) is 5.91 Å². The third-order valence-corrected chi connectivity index (χ3v) is 3.63. The number of hydrogen-bond donors (Lipinski definition) is 1. The van der Waals surface area contributed by atoms with Crippen LogP contribution in [0.4, 0.5) is 0 Å². The first kappa shape index (κ1) is 15.5. The highest BCUT2D eigenvalue weighted by molar-refractivity contribution is 5.95. The minimum Gasteiger partial charge on any atom is -0.347 e. The van der Waals surface area contributed by atoms with Crippen LogP contribution in [0.2, 0.25) is 0 Å². The van der Waals surface area contributed by atoms with Crippen LogP contribution in [0.25, 0.3) is 0 Å². The summed E-state index contributed by atoms with van der Waals surface area (Å²) in [5.74, 6) is 0.478. The minimum atomic E-state index is -0.399. The van der Waals surface area contributed by atoms with Gasteiger partial charge in [-0.3, -0.25) is 14.7 Å². The maximum absolute atomic E-state index is 12.5. The number of nitrogens with one attached hydrogen (secondary N) is 1. The minimum absolute atomic E-state index is 0.0487. The summed E-state index contributed by atoms with van der Waals surface area (Å²) in [6.45, 7) is 6.56. The lowest BCUT2D eigenvalue weighted by atomic mass is 9.96. The smallest absolute Gasteiger partial charge is 0.294 e. The fourth-order valence-electron chi connectivity index (χ4n) is 2.39. The molecule has 1 N–H and O–H groups in total.